The zero-order valence-corrected chi connectivity index (χ0v) is 24.0. The van der Waals surface area contributed by atoms with Gasteiger partial charge >= 0.3 is 5.97 Å². The number of carbonyl (C=O) groups is 3. The van der Waals surface area contributed by atoms with E-state index in [1.54, 1.807) is 93.8 Å². The fourth-order valence-electron chi connectivity index (χ4n) is 4.05. The number of rotatable bonds is 10. The van der Waals surface area contributed by atoms with Gasteiger partial charge < -0.3 is 24.3 Å². The van der Waals surface area contributed by atoms with Crippen LogP contribution in [0.4, 0.5) is 11.4 Å². The van der Waals surface area contributed by atoms with E-state index in [1.165, 1.54) is 11.8 Å². The van der Waals surface area contributed by atoms with Crippen LogP contribution in [0, 0.1) is 0 Å². The molecule has 3 aromatic rings. The van der Waals surface area contributed by atoms with Crippen LogP contribution in [0.25, 0.3) is 0 Å². The van der Waals surface area contributed by atoms with Gasteiger partial charge in [-0.15, -0.1) is 0 Å². The Hall–Kier alpha value is -4.51. The van der Waals surface area contributed by atoms with E-state index >= 15 is 0 Å². The Morgan fingerprint density at radius 3 is 2.29 bits per heavy atom. The summed E-state index contributed by atoms with van der Waals surface area (Å²) >= 11 is 1.21. The molecule has 0 aliphatic carbocycles. The molecule has 4 rings (SSSR count). The van der Waals surface area contributed by atoms with Crippen LogP contribution in [0.2, 0.25) is 0 Å². The standard InChI is InChI=1S/C30H31N3O7S/c1-5-40-29(36)20-7-9-21(10-8-20)31-28(35)26-17-27(34)33(18-19-6-15-24(38-3)25(16-19)39-4)30(41-26)32-22-11-13-23(37-2)14-12-22/h6-16,26H,5,17-18H2,1-4H3,(H,31,35). The Balaban J connectivity index is 1.57. The van der Waals surface area contributed by atoms with Gasteiger partial charge in [-0.05, 0) is 73.2 Å². The lowest BCUT2D eigenvalue weighted by molar-refractivity contribution is -0.129. The molecule has 214 valence electrons. The van der Waals surface area contributed by atoms with Crippen molar-refractivity contribution >= 4 is 46.1 Å². The van der Waals surface area contributed by atoms with Crippen LogP contribution in [0.5, 0.6) is 17.2 Å². The molecule has 1 fully saturated rings. The second kappa shape index (κ2) is 13.7. The SMILES string of the molecule is CCOC(=O)c1ccc(NC(=O)C2CC(=O)N(Cc3ccc(OC)c(OC)c3)C(=Nc3ccc(OC)cc3)S2)cc1. The third-order valence-corrected chi connectivity index (χ3v) is 7.37. The van der Waals surface area contributed by atoms with Gasteiger partial charge in [-0.3, -0.25) is 14.5 Å². The van der Waals surface area contributed by atoms with Gasteiger partial charge in [-0.2, -0.15) is 0 Å². The van der Waals surface area contributed by atoms with Gasteiger partial charge in [0.25, 0.3) is 0 Å². The number of esters is 1. The van der Waals surface area contributed by atoms with E-state index in [0.717, 1.165) is 5.56 Å². The van der Waals surface area contributed by atoms with E-state index in [9.17, 15) is 14.4 Å². The molecule has 2 amide bonds. The summed E-state index contributed by atoms with van der Waals surface area (Å²) in [6.45, 7) is 2.23. The Kier molecular flexibility index (Phi) is 9.86. The fourth-order valence-corrected chi connectivity index (χ4v) is 5.15. The maximum atomic E-state index is 13.5. The van der Waals surface area contributed by atoms with Crippen molar-refractivity contribution in [3.63, 3.8) is 0 Å². The molecule has 0 aromatic heterocycles. The third kappa shape index (κ3) is 7.37. The van der Waals surface area contributed by atoms with Gasteiger partial charge in [0.2, 0.25) is 11.8 Å². The molecule has 0 radical (unpaired) electrons. The lowest BCUT2D eigenvalue weighted by atomic mass is 10.1. The number of methoxy groups -OCH3 is 3. The third-order valence-electron chi connectivity index (χ3n) is 6.18. The molecule has 1 atom stereocenters. The Labute approximate surface area is 242 Å². The summed E-state index contributed by atoms with van der Waals surface area (Å²) in [4.78, 5) is 44.9. The molecule has 1 aliphatic rings. The Morgan fingerprint density at radius 2 is 1.66 bits per heavy atom. The van der Waals surface area contributed by atoms with Crippen LogP contribution in [-0.2, 0) is 20.9 Å². The second-order valence-corrected chi connectivity index (χ2v) is 10.0. The summed E-state index contributed by atoms with van der Waals surface area (Å²) in [5.74, 6) is 0.767. The zero-order valence-electron chi connectivity index (χ0n) is 23.2. The van der Waals surface area contributed by atoms with E-state index in [2.05, 4.69) is 5.32 Å². The highest BCUT2D eigenvalue weighted by Gasteiger charge is 2.36. The van der Waals surface area contributed by atoms with Gasteiger partial charge in [-0.25, -0.2) is 9.79 Å². The van der Waals surface area contributed by atoms with Crippen molar-refractivity contribution in [1.29, 1.82) is 0 Å². The van der Waals surface area contributed by atoms with Crippen molar-refractivity contribution in [2.45, 2.75) is 25.1 Å². The lowest BCUT2D eigenvalue weighted by Gasteiger charge is -2.32. The number of nitrogens with zero attached hydrogens (tertiary/aromatic N) is 2. The molecule has 1 N–H and O–H groups in total. The molecule has 0 bridgehead atoms. The van der Waals surface area contributed by atoms with E-state index in [-0.39, 0.29) is 31.4 Å². The largest absolute Gasteiger partial charge is 0.497 e. The molecule has 3 aromatic carbocycles. The second-order valence-electron chi connectivity index (χ2n) is 8.86. The van der Waals surface area contributed by atoms with Crippen molar-refractivity contribution < 1.29 is 33.3 Å². The first-order valence-electron chi connectivity index (χ1n) is 12.8. The molecule has 0 spiro atoms. The van der Waals surface area contributed by atoms with Gasteiger partial charge in [0.05, 0.1) is 45.7 Å². The number of thioether (sulfide) groups is 1. The number of hydrogen-bond donors (Lipinski definition) is 1. The van der Waals surface area contributed by atoms with Crippen LogP contribution in [-0.4, -0.2) is 61.0 Å². The minimum atomic E-state index is -0.717. The first kappa shape index (κ1) is 29.5. The highest BCUT2D eigenvalue weighted by atomic mass is 32.2. The highest BCUT2D eigenvalue weighted by molar-refractivity contribution is 8.15. The van der Waals surface area contributed by atoms with E-state index < -0.39 is 11.2 Å². The quantitative estimate of drug-likeness (QED) is 0.333. The number of anilines is 1. The van der Waals surface area contributed by atoms with Crippen LogP contribution < -0.4 is 19.5 Å². The molecule has 0 saturated carbocycles. The van der Waals surface area contributed by atoms with Gasteiger partial charge in [-0.1, -0.05) is 17.8 Å². The van der Waals surface area contributed by atoms with Crippen molar-refractivity contribution in [3.05, 3.63) is 77.9 Å². The van der Waals surface area contributed by atoms with Gasteiger partial charge in [0.1, 0.15) is 11.0 Å². The first-order chi connectivity index (χ1) is 19.8. The number of amides is 2. The minimum Gasteiger partial charge on any atom is -0.497 e. The molecule has 11 heteroatoms. The van der Waals surface area contributed by atoms with Crippen LogP contribution in [0.1, 0.15) is 29.3 Å². The van der Waals surface area contributed by atoms with Crippen molar-refractivity contribution in [1.82, 2.24) is 4.90 Å². The average Bonchev–Trinajstić information content (AvgIpc) is 2.99. The van der Waals surface area contributed by atoms with Crippen molar-refractivity contribution in [2.75, 3.05) is 33.3 Å². The summed E-state index contributed by atoms with van der Waals surface area (Å²) in [6.07, 6.45) is -0.0215. The molecule has 1 aliphatic heterocycles. The summed E-state index contributed by atoms with van der Waals surface area (Å²) in [5.41, 5.74) is 2.29. The molecule has 41 heavy (non-hydrogen) atoms. The van der Waals surface area contributed by atoms with Crippen molar-refractivity contribution in [2.24, 2.45) is 4.99 Å². The summed E-state index contributed by atoms with van der Waals surface area (Å²) in [5, 5.41) is 2.51. The number of carbonyl (C=O) groups excluding carboxylic acids is 3. The monoisotopic (exact) mass is 577 g/mol. The number of benzene rings is 3. The van der Waals surface area contributed by atoms with Crippen LogP contribution in [0.3, 0.4) is 0 Å². The highest BCUT2D eigenvalue weighted by Crippen LogP contribution is 2.33. The normalized spacial score (nSPS) is 15.8. The number of aliphatic imine (C=N–C) groups is 1. The molecule has 1 heterocycles. The summed E-state index contributed by atoms with van der Waals surface area (Å²) in [7, 11) is 4.69. The Bertz CT molecular complexity index is 1430. The lowest BCUT2D eigenvalue weighted by Crippen LogP contribution is -2.44. The molecular formula is C30H31N3O7S. The molecule has 1 saturated heterocycles. The first-order valence-corrected chi connectivity index (χ1v) is 13.7. The topological polar surface area (TPSA) is 116 Å². The van der Waals surface area contributed by atoms with E-state index in [1.807, 2.05) is 6.07 Å². The fraction of sp³-hybridized carbons (Fsp3) is 0.267. The van der Waals surface area contributed by atoms with Crippen LogP contribution in [0.15, 0.2) is 71.7 Å². The van der Waals surface area contributed by atoms with Gasteiger partial charge in [0.15, 0.2) is 16.7 Å². The average molecular weight is 578 g/mol. The predicted molar refractivity (Wildman–Crippen MR) is 157 cm³/mol. The summed E-state index contributed by atoms with van der Waals surface area (Å²) in [6, 6.07) is 18.9. The van der Waals surface area contributed by atoms with E-state index in [0.29, 0.717) is 39.4 Å². The smallest absolute Gasteiger partial charge is 0.338 e. The number of nitrogens with one attached hydrogen (secondary N) is 1. The number of ether oxygens (including phenoxy) is 4. The predicted octanol–water partition coefficient (Wildman–Crippen LogP) is 5.05. The Morgan fingerprint density at radius 1 is 0.951 bits per heavy atom. The van der Waals surface area contributed by atoms with E-state index in [4.69, 9.17) is 23.9 Å². The zero-order chi connectivity index (χ0) is 29.4. The van der Waals surface area contributed by atoms with Crippen LogP contribution >= 0.6 is 11.8 Å². The number of hydrogen-bond acceptors (Lipinski definition) is 9. The molecule has 10 nitrogen and oxygen atoms in total. The minimum absolute atomic E-state index is 0.0215. The van der Waals surface area contributed by atoms with Crippen molar-refractivity contribution in [3.8, 4) is 17.2 Å². The number of amidine groups is 1. The molecular weight excluding hydrogens is 546 g/mol. The maximum Gasteiger partial charge on any atom is 0.338 e. The summed E-state index contributed by atoms with van der Waals surface area (Å²) < 4.78 is 21.0. The maximum absolute atomic E-state index is 13.5. The van der Waals surface area contributed by atoms with Gasteiger partial charge in [0, 0.05) is 12.1 Å². The molecule has 1 unspecified atom stereocenters.